The van der Waals surface area contributed by atoms with Crippen LogP contribution in [0.3, 0.4) is 0 Å². The maximum Gasteiger partial charge on any atom is 0.261 e. The zero-order valence-electron chi connectivity index (χ0n) is 17.1. The second kappa shape index (κ2) is 9.09. The standard InChI is InChI=1S/C21H27N3O4S/c1-5-24(15-19(25)22-21(2,3)4)20(26)16-10-9-11-17(14-16)23-29(27,28)18-12-7-6-8-13-18/h6-14,23H,5,15H2,1-4H3,(H,22,25). The van der Waals surface area contributed by atoms with Crippen LogP contribution >= 0.6 is 0 Å². The van der Waals surface area contributed by atoms with Crippen molar-refractivity contribution in [3.63, 3.8) is 0 Å². The van der Waals surface area contributed by atoms with Gasteiger partial charge in [0.1, 0.15) is 0 Å². The molecule has 0 heterocycles. The lowest BCUT2D eigenvalue weighted by Crippen LogP contribution is -2.47. The van der Waals surface area contributed by atoms with Crippen LogP contribution in [0.25, 0.3) is 0 Å². The fourth-order valence-electron chi connectivity index (χ4n) is 2.67. The van der Waals surface area contributed by atoms with Gasteiger partial charge in [0, 0.05) is 23.3 Å². The van der Waals surface area contributed by atoms with Crippen LogP contribution in [0.15, 0.2) is 59.5 Å². The largest absolute Gasteiger partial charge is 0.350 e. The first-order valence-electron chi connectivity index (χ1n) is 9.30. The first-order valence-corrected chi connectivity index (χ1v) is 10.8. The topological polar surface area (TPSA) is 95.6 Å². The van der Waals surface area contributed by atoms with Crippen molar-refractivity contribution in [1.29, 1.82) is 0 Å². The summed E-state index contributed by atoms with van der Waals surface area (Å²) in [4.78, 5) is 26.6. The van der Waals surface area contributed by atoms with Crippen molar-refractivity contribution < 1.29 is 18.0 Å². The van der Waals surface area contributed by atoms with Crippen LogP contribution in [-0.4, -0.2) is 43.8 Å². The highest BCUT2D eigenvalue weighted by Crippen LogP contribution is 2.18. The number of carbonyl (C=O) groups is 2. The van der Waals surface area contributed by atoms with Crippen LogP contribution in [0.5, 0.6) is 0 Å². The monoisotopic (exact) mass is 417 g/mol. The molecule has 0 aliphatic rings. The average Bonchev–Trinajstić information content (AvgIpc) is 2.64. The van der Waals surface area contributed by atoms with E-state index in [0.717, 1.165) is 0 Å². The van der Waals surface area contributed by atoms with Crippen LogP contribution in [-0.2, 0) is 14.8 Å². The highest BCUT2D eigenvalue weighted by atomic mass is 32.2. The molecule has 0 aromatic heterocycles. The average molecular weight is 418 g/mol. The molecule has 0 saturated carbocycles. The van der Waals surface area contributed by atoms with E-state index >= 15 is 0 Å². The number of nitrogens with zero attached hydrogens (tertiary/aromatic N) is 1. The quantitative estimate of drug-likeness (QED) is 0.724. The van der Waals surface area contributed by atoms with Gasteiger partial charge in [-0.2, -0.15) is 0 Å². The Morgan fingerprint density at radius 1 is 1.00 bits per heavy atom. The molecule has 0 unspecified atom stereocenters. The first-order chi connectivity index (χ1) is 13.5. The van der Waals surface area contributed by atoms with Crippen molar-refractivity contribution in [1.82, 2.24) is 10.2 Å². The Morgan fingerprint density at radius 2 is 1.66 bits per heavy atom. The summed E-state index contributed by atoms with van der Waals surface area (Å²) in [6, 6.07) is 14.2. The van der Waals surface area contributed by atoms with E-state index in [2.05, 4.69) is 10.0 Å². The Bertz CT molecular complexity index is 967. The van der Waals surface area contributed by atoms with Gasteiger partial charge in [-0.3, -0.25) is 14.3 Å². The van der Waals surface area contributed by atoms with E-state index in [-0.39, 0.29) is 28.9 Å². The molecule has 0 fully saturated rings. The summed E-state index contributed by atoms with van der Waals surface area (Å²) in [7, 11) is -3.76. The van der Waals surface area contributed by atoms with Gasteiger partial charge in [-0.1, -0.05) is 24.3 Å². The van der Waals surface area contributed by atoms with Gasteiger partial charge in [0.25, 0.3) is 15.9 Å². The van der Waals surface area contributed by atoms with Gasteiger partial charge >= 0.3 is 0 Å². The van der Waals surface area contributed by atoms with Crippen LogP contribution in [0.4, 0.5) is 5.69 Å². The Hall–Kier alpha value is -2.87. The number of nitrogens with one attached hydrogen (secondary N) is 2. The number of likely N-dealkylation sites (N-methyl/N-ethyl adjacent to an activating group) is 1. The number of carbonyl (C=O) groups excluding carboxylic acids is 2. The third-order valence-electron chi connectivity index (χ3n) is 3.93. The molecule has 0 radical (unpaired) electrons. The normalized spacial score (nSPS) is 11.6. The summed E-state index contributed by atoms with van der Waals surface area (Å²) >= 11 is 0. The molecule has 2 aromatic rings. The number of hydrogen-bond acceptors (Lipinski definition) is 4. The third kappa shape index (κ3) is 6.60. The summed E-state index contributed by atoms with van der Waals surface area (Å²) in [6.07, 6.45) is 0. The molecule has 0 spiro atoms. The molecule has 0 aliphatic carbocycles. The minimum Gasteiger partial charge on any atom is -0.350 e. The van der Waals surface area contributed by atoms with E-state index in [4.69, 9.17) is 0 Å². The van der Waals surface area contributed by atoms with Gasteiger partial charge in [0.2, 0.25) is 5.91 Å². The van der Waals surface area contributed by atoms with Gasteiger partial charge in [-0.15, -0.1) is 0 Å². The van der Waals surface area contributed by atoms with E-state index < -0.39 is 15.6 Å². The number of anilines is 1. The van der Waals surface area contributed by atoms with Crippen molar-refractivity contribution in [3.8, 4) is 0 Å². The van der Waals surface area contributed by atoms with Crippen molar-refractivity contribution in [2.45, 2.75) is 38.1 Å². The molecule has 2 amide bonds. The predicted octanol–water partition coefficient (Wildman–Crippen LogP) is 2.86. The molecule has 0 bridgehead atoms. The van der Waals surface area contributed by atoms with Crippen LogP contribution < -0.4 is 10.0 Å². The van der Waals surface area contributed by atoms with Gasteiger partial charge in [0.05, 0.1) is 11.4 Å². The number of rotatable bonds is 7. The zero-order valence-corrected chi connectivity index (χ0v) is 17.9. The molecule has 2 aromatic carbocycles. The summed E-state index contributed by atoms with van der Waals surface area (Å²) in [5, 5.41) is 2.83. The second-order valence-electron chi connectivity index (χ2n) is 7.62. The Kier molecular flexibility index (Phi) is 7.02. The Morgan fingerprint density at radius 3 is 2.24 bits per heavy atom. The maximum atomic E-state index is 12.8. The smallest absolute Gasteiger partial charge is 0.261 e. The predicted molar refractivity (Wildman–Crippen MR) is 113 cm³/mol. The summed E-state index contributed by atoms with van der Waals surface area (Å²) in [5.41, 5.74) is 0.174. The van der Waals surface area contributed by atoms with E-state index in [1.165, 1.54) is 23.1 Å². The highest BCUT2D eigenvalue weighted by Gasteiger charge is 2.21. The molecule has 8 heteroatoms. The second-order valence-corrected chi connectivity index (χ2v) is 9.30. The van der Waals surface area contributed by atoms with Crippen molar-refractivity contribution >= 4 is 27.5 Å². The van der Waals surface area contributed by atoms with Crippen LogP contribution in [0.1, 0.15) is 38.1 Å². The summed E-state index contributed by atoms with van der Waals surface area (Å²) in [5.74, 6) is -0.606. The number of amides is 2. The zero-order chi connectivity index (χ0) is 21.7. The van der Waals surface area contributed by atoms with Crippen molar-refractivity contribution in [3.05, 3.63) is 60.2 Å². The highest BCUT2D eigenvalue weighted by molar-refractivity contribution is 7.92. The third-order valence-corrected chi connectivity index (χ3v) is 5.33. The SMILES string of the molecule is CCN(CC(=O)NC(C)(C)C)C(=O)c1cccc(NS(=O)(=O)c2ccccc2)c1. The molecule has 2 rings (SSSR count). The van der Waals surface area contributed by atoms with Crippen LogP contribution in [0.2, 0.25) is 0 Å². The molecular formula is C21H27N3O4S. The number of sulfonamides is 1. The summed E-state index contributed by atoms with van der Waals surface area (Å²) < 4.78 is 27.5. The molecule has 0 atom stereocenters. The van der Waals surface area contributed by atoms with E-state index in [1.54, 1.807) is 43.3 Å². The number of benzene rings is 2. The molecule has 29 heavy (non-hydrogen) atoms. The Labute approximate surface area is 172 Å². The van der Waals surface area contributed by atoms with Gasteiger partial charge in [-0.05, 0) is 58.0 Å². The minimum absolute atomic E-state index is 0.0768. The first kappa shape index (κ1) is 22.4. The molecule has 0 aliphatic heterocycles. The maximum absolute atomic E-state index is 12.8. The lowest BCUT2D eigenvalue weighted by molar-refractivity contribution is -0.123. The Balaban J connectivity index is 2.17. The summed E-state index contributed by atoms with van der Waals surface area (Å²) in [6.45, 7) is 7.65. The van der Waals surface area contributed by atoms with Crippen LogP contribution in [0, 0.1) is 0 Å². The molecule has 0 saturated heterocycles. The molecule has 156 valence electrons. The lowest BCUT2D eigenvalue weighted by atomic mass is 10.1. The fourth-order valence-corrected chi connectivity index (χ4v) is 3.74. The van der Waals surface area contributed by atoms with Crippen molar-refractivity contribution in [2.75, 3.05) is 17.8 Å². The van der Waals surface area contributed by atoms with E-state index in [1.807, 2.05) is 20.8 Å². The van der Waals surface area contributed by atoms with E-state index in [9.17, 15) is 18.0 Å². The van der Waals surface area contributed by atoms with E-state index in [0.29, 0.717) is 12.1 Å². The van der Waals surface area contributed by atoms with Gasteiger partial charge < -0.3 is 10.2 Å². The fraction of sp³-hybridized carbons (Fsp3) is 0.333. The van der Waals surface area contributed by atoms with Crippen molar-refractivity contribution in [2.24, 2.45) is 0 Å². The molecule has 2 N–H and O–H groups in total. The van der Waals surface area contributed by atoms with Gasteiger partial charge in [-0.25, -0.2) is 8.42 Å². The van der Waals surface area contributed by atoms with Gasteiger partial charge in [0.15, 0.2) is 0 Å². The number of hydrogen-bond donors (Lipinski definition) is 2. The molecule has 7 nitrogen and oxygen atoms in total. The molecular weight excluding hydrogens is 390 g/mol. The minimum atomic E-state index is -3.76. The lowest BCUT2D eigenvalue weighted by Gasteiger charge is -2.25.